The fourth-order valence-corrected chi connectivity index (χ4v) is 3.27. The van der Waals surface area contributed by atoms with Crippen molar-refractivity contribution < 1.29 is 9.47 Å². The normalized spacial score (nSPS) is 16.3. The fourth-order valence-electron chi connectivity index (χ4n) is 3.27. The van der Waals surface area contributed by atoms with Gasteiger partial charge in [-0.2, -0.15) is 0 Å². The molecule has 0 atom stereocenters. The molecule has 0 aromatic heterocycles. The summed E-state index contributed by atoms with van der Waals surface area (Å²) in [5.41, 5.74) is 2.59. The number of likely N-dealkylation sites (N-methyl/N-ethyl adjacent to an activating group) is 1. The first-order chi connectivity index (χ1) is 11.7. The highest BCUT2D eigenvalue weighted by molar-refractivity contribution is 5.38. The van der Waals surface area contributed by atoms with Gasteiger partial charge in [0, 0.05) is 26.2 Å². The lowest BCUT2D eigenvalue weighted by Crippen LogP contribution is -2.46. The molecular formula is C20H26N2O2. The third-order valence-electron chi connectivity index (χ3n) is 4.77. The Morgan fingerprint density at radius 1 is 0.708 bits per heavy atom. The molecule has 1 saturated heterocycles. The molecule has 4 nitrogen and oxygen atoms in total. The molecule has 3 rings (SSSR count). The van der Waals surface area contributed by atoms with Crippen molar-refractivity contribution in [2.45, 2.75) is 6.04 Å². The predicted octanol–water partition coefficient (Wildman–Crippen LogP) is 3.04. The van der Waals surface area contributed by atoms with Crippen LogP contribution in [-0.2, 0) is 0 Å². The summed E-state index contributed by atoms with van der Waals surface area (Å²) in [5, 5.41) is 0. The van der Waals surface area contributed by atoms with Crippen molar-refractivity contribution in [3.8, 4) is 11.5 Å². The quantitative estimate of drug-likeness (QED) is 0.843. The molecular weight excluding hydrogens is 300 g/mol. The van der Waals surface area contributed by atoms with Crippen molar-refractivity contribution in [3.05, 3.63) is 59.7 Å². The summed E-state index contributed by atoms with van der Waals surface area (Å²) >= 11 is 0. The van der Waals surface area contributed by atoms with Crippen LogP contribution in [0.5, 0.6) is 11.5 Å². The van der Waals surface area contributed by atoms with Gasteiger partial charge < -0.3 is 14.4 Å². The fraction of sp³-hybridized carbons (Fsp3) is 0.400. The highest BCUT2D eigenvalue weighted by atomic mass is 16.5. The van der Waals surface area contributed by atoms with Gasteiger partial charge in [-0.05, 0) is 42.4 Å². The number of rotatable bonds is 5. The van der Waals surface area contributed by atoms with Crippen molar-refractivity contribution in [3.63, 3.8) is 0 Å². The lowest BCUT2D eigenvalue weighted by Gasteiger charge is -2.38. The van der Waals surface area contributed by atoms with Crippen molar-refractivity contribution in [1.29, 1.82) is 0 Å². The number of methoxy groups -OCH3 is 2. The van der Waals surface area contributed by atoms with Crippen LogP contribution in [0, 0.1) is 0 Å². The van der Waals surface area contributed by atoms with Crippen LogP contribution in [0.25, 0.3) is 0 Å². The van der Waals surface area contributed by atoms with E-state index >= 15 is 0 Å². The van der Waals surface area contributed by atoms with E-state index in [1.165, 1.54) is 11.1 Å². The molecule has 2 aromatic rings. The zero-order chi connectivity index (χ0) is 16.9. The maximum Gasteiger partial charge on any atom is 0.118 e. The number of piperazine rings is 1. The van der Waals surface area contributed by atoms with Crippen molar-refractivity contribution >= 4 is 0 Å². The van der Waals surface area contributed by atoms with E-state index in [4.69, 9.17) is 9.47 Å². The van der Waals surface area contributed by atoms with Crippen LogP contribution >= 0.6 is 0 Å². The van der Waals surface area contributed by atoms with Gasteiger partial charge in [-0.3, -0.25) is 4.90 Å². The van der Waals surface area contributed by atoms with E-state index in [2.05, 4.69) is 41.1 Å². The zero-order valence-corrected chi connectivity index (χ0v) is 14.7. The molecule has 0 aliphatic carbocycles. The Hall–Kier alpha value is -2.04. The zero-order valence-electron chi connectivity index (χ0n) is 14.7. The summed E-state index contributed by atoms with van der Waals surface area (Å²) in [5.74, 6) is 1.79. The SMILES string of the molecule is COc1ccc(C(c2ccc(OC)cc2)N2CCN(C)CC2)cc1. The van der Waals surface area contributed by atoms with Gasteiger partial charge in [0.2, 0.25) is 0 Å². The molecule has 24 heavy (non-hydrogen) atoms. The maximum atomic E-state index is 5.31. The van der Waals surface area contributed by atoms with Gasteiger partial charge in [0.15, 0.2) is 0 Å². The standard InChI is InChI=1S/C20H26N2O2/c1-21-12-14-22(15-13-21)20(16-4-8-18(23-2)9-5-16)17-6-10-19(24-3)11-7-17/h4-11,20H,12-15H2,1-3H3. The summed E-state index contributed by atoms with van der Waals surface area (Å²) < 4.78 is 10.6. The number of benzene rings is 2. The number of hydrogen-bond donors (Lipinski definition) is 0. The summed E-state index contributed by atoms with van der Waals surface area (Å²) in [6, 6.07) is 17.1. The minimum atomic E-state index is 0.260. The maximum absolute atomic E-state index is 5.31. The molecule has 128 valence electrons. The van der Waals surface area contributed by atoms with Crippen molar-refractivity contribution in [2.24, 2.45) is 0 Å². The van der Waals surface area contributed by atoms with Crippen LogP contribution in [0.4, 0.5) is 0 Å². The molecule has 4 heteroatoms. The summed E-state index contributed by atoms with van der Waals surface area (Å²) in [6.07, 6.45) is 0. The minimum absolute atomic E-state index is 0.260. The van der Waals surface area contributed by atoms with E-state index in [-0.39, 0.29) is 6.04 Å². The first-order valence-electron chi connectivity index (χ1n) is 8.42. The Morgan fingerprint density at radius 2 is 1.12 bits per heavy atom. The van der Waals surface area contributed by atoms with Crippen LogP contribution in [0.1, 0.15) is 17.2 Å². The highest BCUT2D eigenvalue weighted by Gasteiger charge is 2.25. The smallest absolute Gasteiger partial charge is 0.118 e. The van der Waals surface area contributed by atoms with E-state index in [0.717, 1.165) is 37.7 Å². The molecule has 0 N–H and O–H groups in total. The lowest BCUT2D eigenvalue weighted by atomic mass is 9.96. The van der Waals surface area contributed by atoms with Crippen molar-refractivity contribution in [1.82, 2.24) is 9.80 Å². The first-order valence-corrected chi connectivity index (χ1v) is 8.42. The van der Waals surface area contributed by atoms with Crippen LogP contribution in [0.15, 0.2) is 48.5 Å². The Labute approximate surface area is 144 Å². The van der Waals surface area contributed by atoms with Crippen LogP contribution in [-0.4, -0.2) is 57.2 Å². The predicted molar refractivity (Wildman–Crippen MR) is 96.9 cm³/mol. The Kier molecular flexibility index (Phi) is 5.38. The Bertz CT molecular complexity index is 584. The third kappa shape index (κ3) is 3.71. The molecule has 1 aliphatic rings. The molecule has 2 aromatic carbocycles. The average Bonchev–Trinajstić information content (AvgIpc) is 2.64. The lowest BCUT2D eigenvalue weighted by molar-refractivity contribution is 0.127. The van der Waals surface area contributed by atoms with Crippen molar-refractivity contribution in [2.75, 3.05) is 47.4 Å². The van der Waals surface area contributed by atoms with E-state index in [1.807, 2.05) is 24.3 Å². The highest BCUT2D eigenvalue weighted by Crippen LogP contribution is 2.31. The largest absolute Gasteiger partial charge is 0.497 e. The van der Waals surface area contributed by atoms with Crippen LogP contribution in [0.2, 0.25) is 0 Å². The monoisotopic (exact) mass is 326 g/mol. The Morgan fingerprint density at radius 3 is 1.50 bits per heavy atom. The summed E-state index contributed by atoms with van der Waals surface area (Å²) in [7, 11) is 5.60. The van der Waals surface area contributed by atoms with Crippen LogP contribution < -0.4 is 9.47 Å². The molecule has 1 aliphatic heterocycles. The molecule has 0 amide bonds. The molecule has 0 radical (unpaired) electrons. The second-order valence-corrected chi connectivity index (χ2v) is 6.29. The van der Waals surface area contributed by atoms with E-state index in [9.17, 15) is 0 Å². The first kappa shape index (κ1) is 16.8. The number of nitrogens with zero attached hydrogens (tertiary/aromatic N) is 2. The second kappa shape index (κ2) is 7.69. The molecule has 0 spiro atoms. The van der Waals surface area contributed by atoms with Gasteiger partial charge in [0.25, 0.3) is 0 Å². The van der Waals surface area contributed by atoms with Gasteiger partial charge >= 0.3 is 0 Å². The molecule has 1 heterocycles. The molecule has 1 fully saturated rings. The topological polar surface area (TPSA) is 24.9 Å². The van der Waals surface area contributed by atoms with Crippen LogP contribution in [0.3, 0.4) is 0 Å². The van der Waals surface area contributed by atoms with E-state index < -0.39 is 0 Å². The van der Waals surface area contributed by atoms with Gasteiger partial charge in [-0.1, -0.05) is 24.3 Å². The van der Waals surface area contributed by atoms with E-state index in [0.29, 0.717) is 0 Å². The van der Waals surface area contributed by atoms with E-state index in [1.54, 1.807) is 14.2 Å². The van der Waals surface area contributed by atoms with Gasteiger partial charge in [0.1, 0.15) is 11.5 Å². The summed E-state index contributed by atoms with van der Waals surface area (Å²) in [6.45, 7) is 4.34. The second-order valence-electron chi connectivity index (χ2n) is 6.29. The summed E-state index contributed by atoms with van der Waals surface area (Å²) in [4.78, 5) is 4.94. The number of ether oxygens (including phenoxy) is 2. The molecule has 0 bridgehead atoms. The van der Waals surface area contributed by atoms with Gasteiger partial charge in [-0.25, -0.2) is 0 Å². The Balaban J connectivity index is 1.92. The minimum Gasteiger partial charge on any atom is -0.497 e. The third-order valence-corrected chi connectivity index (χ3v) is 4.77. The molecule has 0 saturated carbocycles. The van der Waals surface area contributed by atoms with Gasteiger partial charge in [-0.15, -0.1) is 0 Å². The molecule has 0 unspecified atom stereocenters. The van der Waals surface area contributed by atoms with Gasteiger partial charge in [0.05, 0.1) is 20.3 Å². The number of hydrogen-bond acceptors (Lipinski definition) is 4. The average molecular weight is 326 g/mol.